The van der Waals surface area contributed by atoms with E-state index in [1.54, 1.807) is 0 Å². The van der Waals surface area contributed by atoms with Crippen molar-refractivity contribution >= 4 is 43.5 Å². The Kier molecular flexibility index (Phi) is 6.25. The summed E-state index contributed by atoms with van der Waals surface area (Å²) in [6.45, 7) is 1.61. The Bertz CT molecular complexity index is 607. The maximum Gasteiger partial charge on any atom is 0.244 e. The molecule has 0 aliphatic rings. The van der Waals surface area contributed by atoms with E-state index in [0.29, 0.717) is 4.47 Å². The van der Waals surface area contributed by atoms with Crippen molar-refractivity contribution < 1.29 is 17.9 Å². The quantitative estimate of drug-likeness (QED) is 0.727. The molecule has 1 amide bonds. The summed E-state index contributed by atoms with van der Waals surface area (Å²) < 4.78 is 32.2. The number of amides is 1. The second-order valence-electron chi connectivity index (χ2n) is 3.80. The summed E-state index contributed by atoms with van der Waals surface area (Å²) in [4.78, 5) is 10.6. The van der Waals surface area contributed by atoms with Crippen molar-refractivity contribution in [1.29, 1.82) is 0 Å². The minimum absolute atomic E-state index is 0.0647. The predicted octanol–water partition coefficient (Wildman–Crippen LogP) is 1.53. The van der Waals surface area contributed by atoms with Crippen LogP contribution in [0.4, 0.5) is 0 Å². The van der Waals surface area contributed by atoms with Crippen molar-refractivity contribution in [2.24, 2.45) is 0 Å². The van der Waals surface area contributed by atoms with Crippen molar-refractivity contribution in [3.63, 3.8) is 0 Å². The van der Waals surface area contributed by atoms with Gasteiger partial charge in [-0.3, -0.25) is 4.79 Å². The minimum atomic E-state index is -3.79. The van der Waals surface area contributed by atoms with Crippen LogP contribution in [0.1, 0.15) is 6.92 Å². The first-order valence-electron chi connectivity index (χ1n) is 5.55. The summed E-state index contributed by atoms with van der Waals surface area (Å²) in [7, 11) is -2.42. The van der Waals surface area contributed by atoms with E-state index in [1.807, 2.05) is 0 Å². The molecule has 0 atom stereocenters. The molecular formula is C11H14BrClN2O4S. The van der Waals surface area contributed by atoms with Gasteiger partial charge in [-0.05, 0) is 28.1 Å². The SMILES string of the molecule is COc1c(Br)cc(Cl)cc1S(=O)(=O)NCCNC(C)=O. The number of carbonyl (C=O) groups excluding carboxylic acids is 1. The lowest BCUT2D eigenvalue weighted by Crippen LogP contribution is -2.33. The number of nitrogens with one attached hydrogen (secondary N) is 2. The van der Waals surface area contributed by atoms with Gasteiger partial charge in [0.05, 0.1) is 11.6 Å². The molecule has 9 heteroatoms. The van der Waals surface area contributed by atoms with E-state index in [1.165, 1.54) is 26.2 Å². The van der Waals surface area contributed by atoms with Crippen molar-refractivity contribution in [2.75, 3.05) is 20.2 Å². The fourth-order valence-electron chi connectivity index (χ4n) is 1.44. The van der Waals surface area contributed by atoms with Gasteiger partial charge in [0.25, 0.3) is 0 Å². The first kappa shape index (κ1) is 17.2. The highest BCUT2D eigenvalue weighted by atomic mass is 79.9. The first-order chi connectivity index (χ1) is 9.27. The molecular weight excluding hydrogens is 372 g/mol. The van der Waals surface area contributed by atoms with E-state index in [-0.39, 0.29) is 34.7 Å². The van der Waals surface area contributed by atoms with Crippen LogP contribution in [0, 0.1) is 0 Å². The smallest absolute Gasteiger partial charge is 0.244 e. The topological polar surface area (TPSA) is 84.5 Å². The highest BCUT2D eigenvalue weighted by Gasteiger charge is 2.22. The zero-order chi connectivity index (χ0) is 15.3. The van der Waals surface area contributed by atoms with E-state index in [2.05, 4.69) is 26.0 Å². The number of sulfonamides is 1. The number of methoxy groups -OCH3 is 1. The van der Waals surface area contributed by atoms with Crippen molar-refractivity contribution in [2.45, 2.75) is 11.8 Å². The Balaban J connectivity index is 2.95. The number of benzene rings is 1. The molecule has 1 aromatic rings. The standard InChI is InChI=1S/C11H14BrClN2O4S/c1-7(16)14-3-4-15-20(17,18)10-6-8(13)5-9(12)11(10)19-2/h5-6,15H,3-4H2,1-2H3,(H,14,16). The third-order valence-corrected chi connectivity index (χ3v) is 4.53. The Hall–Kier alpha value is -0.830. The average Bonchev–Trinajstić information content (AvgIpc) is 2.33. The van der Waals surface area contributed by atoms with Gasteiger partial charge in [0.1, 0.15) is 4.90 Å². The van der Waals surface area contributed by atoms with Gasteiger partial charge in [-0.2, -0.15) is 0 Å². The van der Waals surface area contributed by atoms with E-state index in [4.69, 9.17) is 16.3 Å². The van der Waals surface area contributed by atoms with Crippen molar-refractivity contribution in [3.8, 4) is 5.75 Å². The van der Waals surface area contributed by atoms with E-state index < -0.39 is 10.0 Å². The van der Waals surface area contributed by atoms with Crippen LogP contribution in [-0.2, 0) is 14.8 Å². The molecule has 0 saturated carbocycles. The molecule has 1 rings (SSSR count). The summed E-state index contributed by atoms with van der Waals surface area (Å²) >= 11 is 9.05. The van der Waals surface area contributed by atoms with Gasteiger partial charge in [-0.15, -0.1) is 0 Å². The molecule has 0 bridgehead atoms. The molecule has 0 saturated heterocycles. The molecule has 1 aromatic carbocycles. The number of hydrogen-bond acceptors (Lipinski definition) is 4. The van der Waals surface area contributed by atoms with Gasteiger partial charge in [-0.25, -0.2) is 13.1 Å². The molecule has 0 radical (unpaired) electrons. The third kappa shape index (κ3) is 4.62. The highest BCUT2D eigenvalue weighted by Crippen LogP contribution is 2.35. The normalized spacial score (nSPS) is 11.2. The third-order valence-electron chi connectivity index (χ3n) is 2.26. The van der Waals surface area contributed by atoms with Crippen molar-refractivity contribution in [1.82, 2.24) is 10.0 Å². The van der Waals surface area contributed by atoms with Crippen LogP contribution in [0.2, 0.25) is 5.02 Å². The van der Waals surface area contributed by atoms with Gasteiger partial charge in [0.2, 0.25) is 15.9 Å². The number of carbonyl (C=O) groups is 1. The van der Waals surface area contributed by atoms with Gasteiger partial charge < -0.3 is 10.1 Å². The van der Waals surface area contributed by atoms with Crippen LogP contribution in [0.25, 0.3) is 0 Å². The van der Waals surface area contributed by atoms with Crippen LogP contribution >= 0.6 is 27.5 Å². The predicted molar refractivity (Wildman–Crippen MR) is 79.6 cm³/mol. The lowest BCUT2D eigenvalue weighted by molar-refractivity contribution is -0.118. The molecule has 0 spiro atoms. The Morgan fingerprint density at radius 2 is 2.05 bits per heavy atom. The average molecular weight is 386 g/mol. The fourth-order valence-corrected chi connectivity index (χ4v) is 3.85. The highest BCUT2D eigenvalue weighted by molar-refractivity contribution is 9.10. The zero-order valence-corrected chi connectivity index (χ0v) is 14.0. The monoisotopic (exact) mass is 384 g/mol. The summed E-state index contributed by atoms with van der Waals surface area (Å²) in [6, 6.07) is 2.84. The van der Waals surface area contributed by atoms with Crippen LogP contribution < -0.4 is 14.8 Å². The molecule has 0 heterocycles. The summed E-state index contributed by atoms with van der Waals surface area (Å²) in [5, 5.41) is 2.75. The lowest BCUT2D eigenvalue weighted by Gasteiger charge is -2.12. The first-order valence-corrected chi connectivity index (χ1v) is 8.20. The van der Waals surface area contributed by atoms with Gasteiger partial charge in [0.15, 0.2) is 5.75 Å². The molecule has 0 aromatic heterocycles. The molecule has 0 fully saturated rings. The Labute approximate surface area is 131 Å². The van der Waals surface area contributed by atoms with Crippen LogP contribution in [0.15, 0.2) is 21.5 Å². The zero-order valence-electron chi connectivity index (χ0n) is 10.9. The van der Waals surface area contributed by atoms with Crippen LogP contribution in [-0.4, -0.2) is 34.5 Å². The summed E-state index contributed by atoms with van der Waals surface area (Å²) in [5.74, 6) is -0.0614. The molecule has 0 aliphatic carbocycles. The van der Waals surface area contributed by atoms with Gasteiger partial charge in [-0.1, -0.05) is 11.6 Å². The molecule has 0 unspecified atom stereocenters. The van der Waals surface area contributed by atoms with E-state index >= 15 is 0 Å². The lowest BCUT2D eigenvalue weighted by atomic mass is 10.3. The minimum Gasteiger partial charge on any atom is -0.494 e. The summed E-state index contributed by atoms with van der Waals surface area (Å²) in [6.07, 6.45) is 0. The van der Waals surface area contributed by atoms with Crippen LogP contribution in [0.5, 0.6) is 5.75 Å². The van der Waals surface area contributed by atoms with Gasteiger partial charge >= 0.3 is 0 Å². The Morgan fingerprint density at radius 1 is 1.40 bits per heavy atom. The summed E-state index contributed by atoms with van der Waals surface area (Å²) in [5.41, 5.74) is 0. The largest absolute Gasteiger partial charge is 0.494 e. The maximum absolute atomic E-state index is 12.2. The molecule has 112 valence electrons. The molecule has 6 nitrogen and oxygen atoms in total. The fraction of sp³-hybridized carbons (Fsp3) is 0.364. The van der Waals surface area contributed by atoms with Crippen molar-refractivity contribution in [3.05, 3.63) is 21.6 Å². The van der Waals surface area contributed by atoms with E-state index in [0.717, 1.165) is 0 Å². The molecule has 0 aliphatic heterocycles. The Morgan fingerprint density at radius 3 is 2.60 bits per heavy atom. The van der Waals surface area contributed by atoms with E-state index in [9.17, 15) is 13.2 Å². The number of rotatable bonds is 6. The molecule has 20 heavy (non-hydrogen) atoms. The second kappa shape index (κ2) is 7.26. The second-order valence-corrected chi connectivity index (χ2v) is 6.83. The maximum atomic E-state index is 12.2. The number of halogens is 2. The molecule has 2 N–H and O–H groups in total. The van der Waals surface area contributed by atoms with Gasteiger partial charge in [0, 0.05) is 25.0 Å². The van der Waals surface area contributed by atoms with Crippen LogP contribution in [0.3, 0.4) is 0 Å². The number of ether oxygens (including phenoxy) is 1. The number of hydrogen-bond donors (Lipinski definition) is 2.